The first-order chi connectivity index (χ1) is 13.6. The molecule has 4 bridgehead atoms. The zero-order valence-electron chi connectivity index (χ0n) is 18.1. The van der Waals surface area contributed by atoms with E-state index >= 15 is 0 Å². The second-order valence-corrected chi connectivity index (χ2v) is 35.8. The summed E-state index contributed by atoms with van der Waals surface area (Å²) >= 11 is -2.03. The third-order valence-electron chi connectivity index (χ3n) is 8.16. The van der Waals surface area contributed by atoms with E-state index in [2.05, 4.69) is 58.9 Å². The van der Waals surface area contributed by atoms with Crippen LogP contribution in [0.5, 0.6) is 0 Å². The van der Waals surface area contributed by atoms with Crippen LogP contribution in [-0.4, -0.2) is 11.5 Å². The van der Waals surface area contributed by atoms with Gasteiger partial charge in [-0.15, -0.1) is 0 Å². The molecular weight excluding hydrogens is 592 g/mol. The predicted molar refractivity (Wildman–Crippen MR) is 117 cm³/mol. The Hall–Kier alpha value is 0.0670. The Morgan fingerprint density at radius 1 is 0.833 bits per heavy atom. The average molecular weight is 624 g/mol. The minimum Gasteiger partial charge on any atom is -1.00 e. The molecule has 0 aliphatic heterocycles. The second-order valence-electron chi connectivity index (χ2n) is 10.6. The van der Waals surface area contributed by atoms with Crippen LogP contribution >= 0.6 is 0 Å². The van der Waals surface area contributed by atoms with Crippen molar-refractivity contribution in [3.63, 3.8) is 0 Å². The minimum atomic E-state index is -2.03. The summed E-state index contributed by atoms with van der Waals surface area (Å²) in [5.41, 5.74) is 6.87. The average Bonchev–Trinajstić information content (AvgIpc) is 3.04. The van der Waals surface area contributed by atoms with Gasteiger partial charge in [0, 0.05) is 0 Å². The number of benzene rings is 2. The van der Waals surface area contributed by atoms with Crippen LogP contribution in [0, 0.1) is 17.8 Å². The molecule has 0 radical (unpaired) electrons. The van der Waals surface area contributed by atoms with E-state index in [1.54, 1.807) is 36.0 Å². The number of fused-ring (bicyclic) bond motifs is 3. The maximum atomic E-state index is 4.61. The summed E-state index contributed by atoms with van der Waals surface area (Å²) in [6.07, 6.45) is 10.3. The molecule has 0 aromatic heterocycles. The van der Waals surface area contributed by atoms with Crippen LogP contribution in [-0.2, 0) is 27.3 Å². The molecule has 0 unspecified atom stereocenters. The van der Waals surface area contributed by atoms with Crippen LogP contribution in [0.15, 0.2) is 42.5 Å². The van der Waals surface area contributed by atoms with E-state index in [-0.39, 0.29) is 24.8 Å². The zero-order chi connectivity index (χ0) is 18.9. The van der Waals surface area contributed by atoms with Gasteiger partial charge in [-0.2, -0.15) is 0 Å². The molecule has 5 heteroatoms. The van der Waals surface area contributed by atoms with Crippen molar-refractivity contribution in [3.05, 3.63) is 53.6 Å². The molecule has 2 aromatic rings. The van der Waals surface area contributed by atoms with Crippen molar-refractivity contribution in [1.29, 1.82) is 0 Å². The number of nitrogens with one attached hydrogen (secondary N) is 1. The van der Waals surface area contributed by atoms with Gasteiger partial charge in [-0.25, -0.2) is 0 Å². The van der Waals surface area contributed by atoms with Crippen LogP contribution in [0.2, 0.25) is 13.1 Å². The monoisotopic (exact) mass is 624 g/mol. The molecule has 0 saturated heterocycles. The van der Waals surface area contributed by atoms with Gasteiger partial charge in [-0.05, 0) is 0 Å². The van der Waals surface area contributed by atoms with Crippen molar-refractivity contribution in [2.75, 3.05) is 0 Å². The molecule has 1 nitrogen and oxygen atoms in total. The third kappa shape index (κ3) is 3.85. The standard InChI is InChI=1S/C13H9.C10H16N.C2H7Si.2ClH.Hf/c1-3-7-12-10(5-1)9-11-6-2-4-8-13(11)12;11-10-4-7-1-8(5-10)3-9(2-7)6-10;1-3-2;;;/h1-5,7-8H,9H2;7-9,11H,1-6H2;3H,1-2H3;2*1H;/q;-1;;;;+3/p-2. The summed E-state index contributed by atoms with van der Waals surface area (Å²) in [6, 6.07) is 16.4. The number of hydrogen-bond donors (Lipinski definition) is 1. The molecular formula is C25H32Cl2HfNSi. The van der Waals surface area contributed by atoms with Gasteiger partial charge in [0.15, 0.2) is 0 Å². The molecule has 4 saturated carbocycles. The number of hydrogen-bond acceptors (Lipinski definition) is 1. The van der Waals surface area contributed by atoms with Crippen LogP contribution in [0.25, 0.3) is 11.1 Å². The largest absolute Gasteiger partial charge is 1.00 e. The minimum absolute atomic E-state index is 0. The molecule has 5 aliphatic rings. The normalized spacial score (nSPS) is 29.8. The van der Waals surface area contributed by atoms with Crippen LogP contribution in [0.1, 0.15) is 49.7 Å². The van der Waals surface area contributed by atoms with Crippen molar-refractivity contribution >= 4 is 9.30 Å². The van der Waals surface area contributed by atoms with Gasteiger partial charge in [0.1, 0.15) is 0 Å². The fraction of sp³-hybridized carbons (Fsp3) is 0.520. The van der Waals surface area contributed by atoms with E-state index in [1.807, 2.05) is 3.32 Å². The van der Waals surface area contributed by atoms with Crippen molar-refractivity contribution in [1.82, 2.24) is 3.30 Å². The molecule has 0 atom stereocenters. The van der Waals surface area contributed by atoms with Crippen LogP contribution in [0.4, 0.5) is 0 Å². The second kappa shape index (κ2) is 8.78. The summed E-state index contributed by atoms with van der Waals surface area (Å²) in [6.45, 7) is 5.30. The molecule has 1 N–H and O–H groups in total. The molecule has 0 heterocycles. The first-order valence-corrected chi connectivity index (χ1v) is 24.2. The Morgan fingerprint density at radius 3 is 2.07 bits per heavy atom. The SMILES string of the molecule is C[SiH](C)[Hf+2]([NH]C12CC3CC(CC(C3)C1)C2)[c]1cccc2c1Cc1ccccc1-2.[Cl-].[Cl-]. The molecule has 159 valence electrons. The van der Waals surface area contributed by atoms with Crippen molar-refractivity contribution in [2.24, 2.45) is 17.8 Å². The maximum absolute atomic E-state index is 4.61. The Labute approximate surface area is 203 Å². The summed E-state index contributed by atoms with van der Waals surface area (Å²) in [5, 5.41) is 0. The number of halogens is 2. The third-order valence-corrected chi connectivity index (χ3v) is 32.1. The van der Waals surface area contributed by atoms with Gasteiger partial charge in [0.05, 0.1) is 0 Å². The van der Waals surface area contributed by atoms with Crippen LogP contribution in [0.3, 0.4) is 0 Å². The Kier molecular flexibility index (Phi) is 6.80. The molecule has 5 aliphatic carbocycles. The molecule has 0 amide bonds. The first kappa shape index (κ1) is 23.2. The fourth-order valence-electron chi connectivity index (χ4n) is 7.48. The quantitative estimate of drug-likeness (QED) is 0.367. The van der Waals surface area contributed by atoms with Crippen molar-refractivity contribution in [2.45, 2.75) is 63.6 Å². The van der Waals surface area contributed by atoms with Gasteiger partial charge in [-0.3, -0.25) is 0 Å². The Morgan fingerprint density at radius 2 is 1.43 bits per heavy atom. The summed E-state index contributed by atoms with van der Waals surface area (Å²) in [5.74, 6) is 2.47. The van der Waals surface area contributed by atoms with E-state index in [1.165, 1.54) is 31.2 Å². The van der Waals surface area contributed by atoms with E-state index < -0.39 is 26.9 Å². The zero-order valence-corrected chi connectivity index (χ0v) is 24.3. The topological polar surface area (TPSA) is 12.0 Å². The smallest absolute Gasteiger partial charge is 1.00 e. The molecule has 7 rings (SSSR count). The van der Waals surface area contributed by atoms with E-state index in [4.69, 9.17) is 0 Å². The fourth-order valence-corrected chi connectivity index (χ4v) is 29.5. The van der Waals surface area contributed by atoms with Gasteiger partial charge in [0.25, 0.3) is 0 Å². The molecule has 2 aromatic carbocycles. The van der Waals surface area contributed by atoms with E-state index in [0.29, 0.717) is 5.54 Å². The van der Waals surface area contributed by atoms with Gasteiger partial charge in [-0.1, -0.05) is 0 Å². The van der Waals surface area contributed by atoms with E-state index in [9.17, 15) is 0 Å². The van der Waals surface area contributed by atoms with Gasteiger partial charge in [0.2, 0.25) is 0 Å². The molecule has 0 spiro atoms. The first-order valence-electron chi connectivity index (χ1n) is 11.5. The van der Waals surface area contributed by atoms with Crippen molar-refractivity contribution in [3.8, 4) is 11.1 Å². The summed E-state index contributed by atoms with van der Waals surface area (Å²) < 4.78 is 6.45. The Bertz CT molecular complexity index is 896. The van der Waals surface area contributed by atoms with E-state index in [0.717, 1.165) is 17.8 Å². The molecule has 4 fully saturated rings. The van der Waals surface area contributed by atoms with Gasteiger partial charge >= 0.3 is 180 Å². The predicted octanol–water partition coefficient (Wildman–Crippen LogP) is -1.03. The summed E-state index contributed by atoms with van der Waals surface area (Å²) in [7, 11) is 0. The maximum Gasteiger partial charge on any atom is -1.00 e. The van der Waals surface area contributed by atoms with Crippen molar-refractivity contribution < 1.29 is 45.7 Å². The number of rotatable bonds is 4. The molecule has 30 heavy (non-hydrogen) atoms. The van der Waals surface area contributed by atoms with Crippen LogP contribution < -0.4 is 31.4 Å². The van der Waals surface area contributed by atoms with Gasteiger partial charge < -0.3 is 24.8 Å². The Balaban J connectivity index is 0.00000109. The summed E-state index contributed by atoms with van der Waals surface area (Å²) in [4.78, 5) is 0.